The van der Waals surface area contributed by atoms with Crippen molar-refractivity contribution in [3.05, 3.63) is 243 Å². The van der Waals surface area contributed by atoms with Crippen molar-refractivity contribution in [3.8, 4) is 44.5 Å². The molecule has 0 N–H and O–H groups in total. The molecule has 3 aromatic heterocycles. The van der Waals surface area contributed by atoms with Gasteiger partial charge in [0, 0.05) is 56.4 Å². The Morgan fingerprint density at radius 2 is 0.846 bits per heavy atom. The van der Waals surface area contributed by atoms with Crippen LogP contribution < -0.4 is 4.90 Å². The number of benzene rings is 10. The lowest BCUT2D eigenvalue weighted by Gasteiger charge is -2.26. The van der Waals surface area contributed by atoms with Crippen molar-refractivity contribution >= 4 is 77.0 Å². The fourth-order valence-corrected chi connectivity index (χ4v) is 10.2. The van der Waals surface area contributed by atoms with Crippen LogP contribution in [0.1, 0.15) is 0 Å². The first kappa shape index (κ1) is 36.9. The monoisotopic (exact) mass is 828 g/mol. The third-order valence-corrected chi connectivity index (χ3v) is 13.2. The predicted molar refractivity (Wildman–Crippen MR) is 274 cm³/mol. The molecule has 0 bridgehead atoms. The van der Waals surface area contributed by atoms with Crippen molar-refractivity contribution in [2.75, 3.05) is 4.90 Å². The van der Waals surface area contributed by atoms with Gasteiger partial charge >= 0.3 is 0 Å². The molecule has 304 valence electrons. The van der Waals surface area contributed by atoms with Gasteiger partial charge in [-0.2, -0.15) is 0 Å². The van der Waals surface area contributed by atoms with E-state index >= 15 is 0 Å². The van der Waals surface area contributed by atoms with Crippen LogP contribution in [0.3, 0.4) is 0 Å². The molecule has 0 atom stereocenters. The number of furan rings is 1. The van der Waals surface area contributed by atoms with Crippen LogP contribution in [0.4, 0.5) is 17.1 Å². The molecule has 0 amide bonds. The van der Waals surface area contributed by atoms with Crippen LogP contribution in [0.2, 0.25) is 0 Å². The van der Waals surface area contributed by atoms with E-state index in [0.717, 1.165) is 44.6 Å². The average Bonchev–Trinajstić information content (AvgIpc) is 3.94. The van der Waals surface area contributed by atoms with Gasteiger partial charge in [-0.3, -0.25) is 0 Å². The second kappa shape index (κ2) is 15.0. The highest BCUT2D eigenvalue weighted by atomic mass is 16.3. The number of rotatable bonds is 7. The molecular formula is C62H40N2O. The van der Waals surface area contributed by atoms with Crippen molar-refractivity contribution in [2.24, 2.45) is 0 Å². The fraction of sp³-hybridized carbons (Fsp3) is 0. The minimum Gasteiger partial charge on any atom is -0.456 e. The van der Waals surface area contributed by atoms with E-state index in [-0.39, 0.29) is 0 Å². The van der Waals surface area contributed by atoms with Crippen LogP contribution >= 0.6 is 0 Å². The second-order valence-corrected chi connectivity index (χ2v) is 16.8. The summed E-state index contributed by atoms with van der Waals surface area (Å²) in [5, 5.41) is 8.52. The normalized spacial score (nSPS) is 11.7. The Balaban J connectivity index is 0.954. The van der Waals surface area contributed by atoms with Crippen LogP contribution in [0, 0.1) is 0 Å². The van der Waals surface area contributed by atoms with Gasteiger partial charge < -0.3 is 13.7 Å². The molecule has 0 unspecified atom stereocenters. The summed E-state index contributed by atoms with van der Waals surface area (Å²) in [6, 6.07) is 85.4. The number of nitrogens with zero attached hydrogens (tertiary/aromatic N) is 2. The first-order valence-corrected chi connectivity index (χ1v) is 22.2. The lowest BCUT2D eigenvalue weighted by atomic mass is 9.91. The van der Waals surface area contributed by atoms with E-state index in [1.807, 2.05) is 12.1 Å². The van der Waals surface area contributed by atoms with Gasteiger partial charge in [0.15, 0.2) is 0 Å². The molecule has 0 aliphatic heterocycles. The molecule has 0 fully saturated rings. The molecular weight excluding hydrogens is 789 g/mol. The Morgan fingerprint density at radius 1 is 0.323 bits per heavy atom. The summed E-state index contributed by atoms with van der Waals surface area (Å²) in [7, 11) is 0. The number of para-hydroxylation sites is 1. The topological polar surface area (TPSA) is 20.8 Å². The van der Waals surface area contributed by atoms with Crippen LogP contribution in [0.25, 0.3) is 104 Å². The number of hydrogen-bond acceptors (Lipinski definition) is 2. The highest BCUT2D eigenvalue weighted by Crippen LogP contribution is 2.46. The Morgan fingerprint density at radius 3 is 1.58 bits per heavy atom. The summed E-state index contributed by atoms with van der Waals surface area (Å²) in [4.78, 5) is 2.33. The van der Waals surface area contributed by atoms with E-state index in [1.165, 1.54) is 76.9 Å². The number of aromatic nitrogens is 1. The van der Waals surface area contributed by atoms with E-state index in [0.29, 0.717) is 0 Å². The minimum atomic E-state index is 0.863. The van der Waals surface area contributed by atoms with Gasteiger partial charge in [-0.15, -0.1) is 0 Å². The zero-order chi connectivity index (χ0) is 42.8. The standard InChI is InChI=1S/C62H40N2O/c1-3-15-42(16-4-1)49-19-7-8-20-50(49)43-28-33-47(34-29-43)64(48-35-37-54-53-22-11-12-25-58(53)65-59(54)40-48)46-31-26-41(27-32-46)45-30-36-52-51-21-9-10-23-55(51)62-61(56(52)39-45)60(44-17-5-2-6-18-44)57-24-13-14-38-63(57)62/h1-40H. The summed E-state index contributed by atoms with van der Waals surface area (Å²) in [5.74, 6) is 0. The molecule has 0 saturated heterocycles. The van der Waals surface area contributed by atoms with Gasteiger partial charge in [0.1, 0.15) is 11.2 Å². The van der Waals surface area contributed by atoms with Crippen molar-refractivity contribution in [2.45, 2.75) is 0 Å². The fourth-order valence-electron chi connectivity index (χ4n) is 10.2. The van der Waals surface area contributed by atoms with Gasteiger partial charge in [-0.1, -0.05) is 170 Å². The van der Waals surface area contributed by atoms with Crippen LogP contribution in [0.5, 0.6) is 0 Å². The SMILES string of the molecule is c1ccc(-c2ccccc2-c2ccc(N(c3ccc(-c4ccc5c6ccccc6c6c(c(-c7ccccc7)c7ccccn76)c5c4)cc3)c3ccc4c(c3)oc3ccccc34)cc2)cc1. The lowest BCUT2D eigenvalue weighted by molar-refractivity contribution is 0.669. The van der Waals surface area contributed by atoms with Crippen molar-refractivity contribution in [1.82, 2.24) is 4.40 Å². The molecule has 0 radical (unpaired) electrons. The first-order valence-electron chi connectivity index (χ1n) is 22.2. The second-order valence-electron chi connectivity index (χ2n) is 16.8. The molecule has 0 spiro atoms. The van der Waals surface area contributed by atoms with E-state index < -0.39 is 0 Å². The third kappa shape index (κ3) is 6.05. The Kier molecular flexibility index (Phi) is 8.53. The van der Waals surface area contributed by atoms with E-state index in [2.05, 4.69) is 240 Å². The van der Waals surface area contributed by atoms with Gasteiger partial charge in [0.2, 0.25) is 0 Å². The Labute approximate surface area is 376 Å². The highest BCUT2D eigenvalue weighted by Gasteiger charge is 2.21. The van der Waals surface area contributed by atoms with Gasteiger partial charge in [0.25, 0.3) is 0 Å². The molecule has 3 nitrogen and oxygen atoms in total. The maximum absolute atomic E-state index is 6.44. The molecule has 3 heterocycles. The molecule has 0 aliphatic carbocycles. The van der Waals surface area contributed by atoms with Crippen LogP contribution in [0.15, 0.2) is 247 Å². The number of anilines is 3. The first-order chi connectivity index (χ1) is 32.2. The largest absolute Gasteiger partial charge is 0.456 e. The highest BCUT2D eigenvalue weighted by molar-refractivity contribution is 6.30. The van der Waals surface area contributed by atoms with Crippen molar-refractivity contribution in [3.63, 3.8) is 0 Å². The smallest absolute Gasteiger partial charge is 0.137 e. The van der Waals surface area contributed by atoms with Gasteiger partial charge in [-0.05, 0) is 116 Å². The van der Waals surface area contributed by atoms with E-state index in [4.69, 9.17) is 4.42 Å². The van der Waals surface area contributed by atoms with E-state index in [9.17, 15) is 0 Å². The van der Waals surface area contributed by atoms with Gasteiger partial charge in [0.05, 0.1) is 11.0 Å². The number of hydrogen-bond donors (Lipinski definition) is 0. The van der Waals surface area contributed by atoms with Crippen molar-refractivity contribution < 1.29 is 4.42 Å². The average molecular weight is 829 g/mol. The summed E-state index contributed by atoms with van der Waals surface area (Å²) in [5.41, 5.74) is 16.9. The molecule has 0 aliphatic rings. The molecule has 65 heavy (non-hydrogen) atoms. The molecule has 0 saturated carbocycles. The molecule has 13 aromatic rings. The molecule has 10 aromatic carbocycles. The minimum absolute atomic E-state index is 0.863. The third-order valence-electron chi connectivity index (χ3n) is 13.2. The predicted octanol–water partition coefficient (Wildman–Crippen LogP) is 17.4. The van der Waals surface area contributed by atoms with Crippen LogP contribution in [-0.4, -0.2) is 4.40 Å². The van der Waals surface area contributed by atoms with Crippen molar-refractivity contribution in [1.29, 1.82) is 0 Å². The Bertz CT molecular complexity index is 3920. The zero-order valence-corrected chi connectivity index (χ0v) is 35.4. The summed E-state index contributed by atoms with van der Waals surface area (Å²) >= 11 is 0. The maximum Gasteiger partial charge on any atom is 0.137 e. The summed E-state index contributed by atoms with van der Waals surface area (Å²) in [6.07, 6.45) is 2.21. The number of pyridine rings is 1. The summed E-state index contributed by atoms with van der Waals surface area (Å²) < 4.78 is 8.83. The van der Waals surface area contributed by atoms with Crippen LogP contribution in [-0.2, 0) is 0 Å². The van der Waals surface area contributed by atoms with E-state index in [1.54, 1.807) is 0 Å². The van der Waals surface area contributed by atoms with Gasteiger partial charge in [-0.25, -0.2) is 0 Å². The maximum atomic E-state index is 6.44. The molecule has 13 rings (SSSR count). The summed E-state index contributed by atoms with van der Waals surface area (Å²) in [6.45, 7) is 0. The lowest BCUT2D eigenvalue weighted by Crippen LogP contribution is -2.09. The zero-order valence-electron chi connectivity index (χ0n) is 35.4. The molecule has 3 heteroatoms. The number of fused-ring (bicyclic) bond motifs is 11. The quantitative estimate of drug-likeness (QED) is 0.149. The Hall–Kier alpha value is -8.66.